The highest BCUT2D eigenvalue weighted by molar-refractivity contribution is 5.82. The number of rotatable bonds is 4. The van der Waals surface area contributed by atoms with Gasteiger partial charge in [-0.1, -0.05) is 0 Å². The van der Waals surface area contributed by atoms with E-state index in [0.717, 1.165) is 19.4 Å². The maximum absolute atomic E-state index is 11.6. The normalized spacial score (nSPS) is 22.1. The van der Waals surface area contributed by atoms with Crippen LogP contribution in [-0.4, -0.2) is 37.6 Å². The van der Waals surface area contributed by atoms with Gasteiger partial charge in [0.15, 0.2) is 0 Å². The molecule has 0 aromatic rings. The van der Waals surface area contributed by atoms with Crippen LogP contribution < -0.4 is 10.6 Å². The molecule has 1 rings (SSSR count). The molecule has 1 fully saturated rings. The van der Waals surface area contributed by atoms with E-state index in [1.165, 1.54) is 7.11 Å². The Morgan fingerprint density at radius 2 is 2.33 bits per heavy atom. The van der Waals surface area contributed by atoms with E-state index < -0.39 is 0 Å². The molecule has 1 aliphatic heterocycles. The lowest BCUT2D eigenvalue weighted by Gasteiger charge is -2.16. The molecule has 1 aliphatic rings. The molecule has 1 amide bonds. The number of ether oxygens (including phenoxy) is 1. The topological polar surface area (TPSA) is 67.4 Å². The van der Waals surface area contributed by atoms with Gasteiger partial charge >= 0.3 is 5.97 Å². The maximum atomic E-state index is 11.6. The van der Waals surface area contributed by atoms with Gasteiger partial charge in [-0.15, -0.1) is 0 Å². The van der Waals surface area contributed by atoms with Crippen molar-refractivity contribution in [2.75, 3.05) is 13.7 Å². The Morgan fingerprint density at radius 1 is 1.60 bits per heavy atom. The molecule has 1 saturated heterocycles. The van der Waals surface area contributed by atoms with Crippen LogP contribution in [0.1, 0.15) is 26.2 Å². The average Bonchev–Trinajstić information content (AvgIpc) is 2.70. The molecule has 0 aromatic carbocycles. The molecule has 15 heavy (non-hydrogen) atoms. The highest BCUT2D eigenvalue weighted by atomic mass is 16.5. The lowest BCUT2D eigenvalue weighted by molar-refractivity contribution is -0.141. The summed E-state index contributed by atoms with van der Waals surface area (Å²) < 4.78 is 4.52. The highest BCUT2D eigenvalue weighted by Gasteiger charge is 2.23. The maximum Gasteiger partial charge on any atom is 0.307 e. The fourth-order valence-electron chi connectivity index (χ4n) is 1.64. The van der Waals surface area contributed by atoms with Gasteiger partial charge in [0.25, 0.3) is 0 Å². The monoisotopic (exact) mass is 214 g/mol. The minimum atomic E-state index is -0.304. The summed E-state index contributed by atoms with van der Waals surface area (Å²) in [6.07, 6.45) is 2.12. The molecular formula is C10H18N2O3. The summed E-state index contributed by atoms with van der Waals surface area (Å²) in [6, 6.07) is -0.266. The number of carbonyl (C=O) groups is 2. The smallest absolute Gasteiger partial charge is 0.307 e. The van der Waals surface area contributed by atoms with Crippen LogP contribution in [0.2, 0.25) is 0 Å². The van der Waals surface area contributed by atoms with E-state index in [1.54, 1.807) is 6.92 Å². The predicted octanol–water partition coefficient (Wildman–Crippen LogP) is -0.194. The number of esters is 1. The summed E-state index contributed by atoms with van der Waals surface area (Å²) in [5.41, 5.74) is 0. The second-order valence-corrected chi connectivity index (χ2v) is 3.84. The molecule has 0 aromatic heterocycles. The first-order chi connectivity index (χ1) is 7.13. The molecule has 0 spiro atoms. The molecule has 5 nitrogen and oxygen atoms in total. The van der Waals surface area contributed by atoms with Gasteiger partial charge in [0.05, 0.1) is 19.6 Å². The number of hydrogen-bond donors (Lipinski definition) is 2. The zero-order valence-corrected chi connectivity index (χ0v) is 9.21. The van der Waals surface area contributed by atoms with Gasteiger partial charge in [0, 0.05) is 6.04 Å². The highest BCUT2D eigenvalue weighted by Crippen LogP contribution is 2.05. The molecule has 86 valence electrons. The van der Waals surface area contributed by atoms with Crippen molar-refractivity contribution in [3.63, 3.8) is 0 Å². The molecule has 0 radical (unpaired) electrons. The van der Waals surface area contributed by atoms with Gasteiger partial charge in [0.1, 0.15) is 0 Å². The van der Waals surface area contributed by atoms with Crippen LogP contribution in [-0.2, 0) is 14.3 Å². The minimum Gasteiger partial charge on any atom is -0.469 e. The predicted molar refractivity (Wildman–Crippen MR) is 55.3 cm³/mol. The fourth-order valence-corrected chi connectivity index (χ4v) is 1.64. The Hall–Kier alpha value is -1.10. The third-order valence-corrected chi connectivity index (χ3v) is 2.47. The van der Waals surface area contributed by atoms with Gasteiger partial charge in [0.2, 0.25) is 5.91 Å². The third kappa shape index (κ3) is 3.87. The van der Waals surface area contributed by atoms with E-state index in [0.29, 0.717) is 0 Å². The van der Waals surface area contributed by atoms with Crippen molar-refractivity contribution >= 4 is 11.9 Å². The number of carbonyl (C=O) groups excluding carboxylic acids is 2. The summed E-state index contributed by atoms with van der Waals surface area (Å²) >= 11 is 0. The largest absolute Gasteiger partial charge is 0.469 e. The molecular weight excluding hydrogens is 196 g/mol. The lowest BCUT2D eigenvalue weighted by atomic mass is 10.2. The first-order valence-corrected chi connectivity index (χ1v) is 5.24. The first kappa shape index (κ1) is 12.0. The summed E-state index contributed by atoms with van der Waals surface area (Å²) in [6.45, 7) is 2.69. The van der Waals surface area contributed by atoms with E-state index in [9.17, 15) is 9.59 Å². The number of methoxy groups -OCH3 is 1. The molecule has 5 heteroatoms. The first-order valence-electron chi connectivity index (χ1n) is 5.24. The Kier molecular flexibility index (Phi) is 4.55. The Labute approximate surface area is 89.6 Å². The molecule has 0 aliphatic carbocycles. The van der Waals surface area contributed by atoms with Gasteiger partial charge in [-0.05, 0) is 26.3 Å². The van der Waals surface area contributed by atoms with Crippen molar-refractivity contribution in [1.29, 1.82) is 0 Å². The zero-order chi connectivity index (χ0) is 11.3. The number of nitrogens with one attached hydrogen (secondary N) is 2. The van der Waals surface area contributed by atoms with Gasteiger partial charge < -0.3 is 15.4 Å². The van der Waals surface area contributed by atoms with Crippen LogP contribution in [0.25, 0.3) is 0 Å². The van der Waals surface area contributed by atoms with E-state index in [-0.39, 0.29) is 30.4 Å². The minimum absolute atomic E-state index is 0.0242. The van der Waals surface area contributed by atoms with E-state index in [4.69, 9.17) is 0 Å². The molecule has 2 unspecified atom stereocenters. The van der Waals surface area contributed by atoms with Crippen molar-refractivity contribution < 1.29 is 14.3 Å². The molecule has 0 saturated carbocycles. The average molecular weight is 214 g/mol. The summed E-state index contributed by atoms with van der Waals surface area (Å²) in [5, 5.41) is 5.89. The number of amides is 1. The quantitative estimate of drug-likeness (QED) is 0.636. The van der Waals surface area contributed by atoms with Crippen LogP contribution >= 0.6 is 0 Å². The fraction of sp³-hybridized carbons (Fsp3) is 0.800. The Morgan fingerprint density at radius 3 is 2.87 bits per heavy atom. The SMILES string of the molecule is COC(=O)CC(C)NC(=O)C1CCCN1. The van der Waals surface area contributed by atoms with Gasteiger partial charge in [-0.25, -0.2) is 0 Å². The van der Waals surface area contributed by atoms with E-state index in [2.05, 4.69) is 15.4 Å². The van der Waals surface area contributed by atoms with Crippen molar-refractivity contribution in [3.8, 4) is 0 Å². The molecule has 0 bridgehead atoms. The Bertz CT molecular complexity index is 237. The van der Waals surface area contributed by atoms with Crippen LogP contribution in [0.5, 0.6) is 0 Å². The van der Waals surface area contributed by atoms with E-state index >= 15 is 0 Å². The van der Waals surface area contributed by atoms with E-state index in [1.807, 2.05) is 0 Å². The van der Waals surface area contributed by atoms with Crippen molar-refractivity contribution in [1.82, 2.24) is 10.6 Å². The third-order valence-electron chi connectivity index (χ3n) is 2.47. The molecule has 1 heterocycles. The van der Waals surface area contributed by atoms with Crippen LogP contribution in [0.4, 0.5) is 0 Å². The summed E-state index contributed by atoms with van der Waals surface area (Å²) in [5.74, 6) is -0.328. The van der Waals surface area contributed by atoms with Crippen molar-refractivity contribution in [3.05, 3.63) is 0 Å². The number of hydrogen-bond acceptors (Lipinski definition) is 4. The van der Waals surface area contributed by atoms with Gasteiger partial charge in [-0.2, -0.15) is 0 Å². The van der Waals surface area contributed by atoms with Crippen LogP contribution in [0, 0.1) is 0 Å². The molecule has 2 N–H and O–H groups in total. The van der Waals surface area contributed by atoms with Crippen LogP contribution in [0.3, 0.4) is 0 Å². The standard InChI is InChI=1S/C10H18N2O3/c1-7(6-9(13)15-2)12-10(14)8-4-3-5-11-8/h7-8,11H,3-6H2,1-2H3,(H,12,14). The van der Waals surface area contributed by atoms with Crippen molar-refractivity contribution in [2.24, 2.45) is 0 Å². The molecule has 2 atom stereocenters. The van der Waals surface area contributed by atoms with Gasteiger partial charge in [-0.3, -0.25) is 9.59 Å². The summed E-state index contributed by atoms with van der Waals surface area (Å²) in [4.78, 5) is 22.5. The Balaban J connectivity index is 2.27. The second kappa shape index (κ2) is 5.70. The summed E-state index contributed by atoms with van der Waals surface area (Å²) in [7, 11) is 1.34. The second-order valence-electron chi connectivity index (χ2n) is 3.84. The zero-order valence-electron chi connectivity index (χ0n) is 9.21. The van der Waals surface area contributed by atoms with Crippen molar-refractivity contribution in [2.45, 2.75) is 38.3 Å². The lowest BCUT2D eigenvalue weighted by Crippen LogP contribution is -2.44. The van der Waals surface area contributed by atoms with Crippen LogP contribution in [0.15, 0.2) is 0 Å².